The molecule has 0 bridgehead atoms. The maximum Gasteiger partial charge on any atom is 0.229 e. The molecule has 200 valence electrons. The summed E-state index contributed by atoms with van der Waals surface area (Å²) in [5, 5.41) is 0.923. The first-order chi connectivity index (χ1) is 17.5. The smallest absolute Gasteiger partial charge is 0.229 e. The summed E-state index contributed by atoms with van der Waals surface area (Å²) in [6, 6.07) is 14.3. The van der Waals surface area contributed by atoms with Gasteiger partial charge in [0.25, 0.3) is 0 Å². The average molecular weight is 564 g/mol. The number of hydrogen-bond donors (Lipinski definition) is 1. The van der Waals surface area contributed by atoms with E-state index in [1.807, 2.05) is 68.1 Å². The summed E-state index contributed by atoms with van der Waals surface area (Å²) >= 11 is 12.7. The van der Waals surface area contributed by atoms with E-state index < -0.39 is 21.5 Å². The second kappa shape index (κ2) is 11.1. The molecule has 5 atom stereocenters. The van der Waals surface area contributed by atoms with Crippen LogP contribution in [0.15, 0.2) is 61.2 Å². The summed E-state index contributed by atoms with van der Waals surface area (Å²) in [6.45, 7) is 9.80. The largest absolute Gasteiger partial charge is 0.330 e. The summed E-state index contributed by atoms with van der Waals surface area (Å²) in [4.78, 5) is 16.3. The highest BCUT2D eigenvalue weighted by atomic mass is 35.5. The van der Waals surface area contributed by atoms with Crippen LogP contribution in [0.3, 0.4) is 0 Å². The highest BCUT2D eigenvalue weighted by Gasteiger charge is 2.52. The van der Waals surface area contributed by atoms with Crippen LogP contribution in [0.4, 0.5) is 0 Å². The zero-order valence-corrected chi connectivity index (χ0v) is 24.0. The Balaban J connectivity index is 1.86. The number of nitrogens with zero attached hydrogens (tertiary/aromatic N) is 1. The van der Waals surface area contributed by atoms with E-state index in [9.17, 15) is 13.2 Å². The van der Waals surface area contributed by atoms with Crippen molar-refractivity contribution in [3.8, 4) is 0 Å². The molecule has 1 N–H and O–H groups in total. The standard InChI is InChI=1S/C29H36Cl2N2O3S/c1-5-16-29(4)18-25(21-8-7-9-23(31)17-21)27(20-10-12-22(30)13-11-20)33(28(29)34)26(6-2)19(3)32-37(35,36)24-14-15-24/h5,7-13,17,19,24-27,32H,1,6,14-16,18H2,2-4H3/t19?,25-,26?,27-,29+/m1/s1. The van der Waals surface area contributed by atoms with E-state index in [4.69, 9.17) is 23.2 Å². The van der Waals surface area contributed by atoms with Crippen molar-refractivity contribution in [3.05, 3.63) is 82.4 Å². The second-order valence-electron chi connectivity index (χ2n) is 10.8. The second-order valence-corrected chi connectivity index (χ2v) is 13.6. The van der Waals surface area contributed by atoms with Gasteiger partial charge in [-0.2, -0.15) is 0 Å². The molecule has 1 aliphatic heterocycles. The van der Waals surface area contributed by atoms with Crippen LogP contribution in [0, 0.1) is 5.41 Å². The van der Waals surface area contributed by atoms with Crippen LogP contribution >= 0.6 is 23.2 Å². The fourth-order valence-electron chi connectivity index (χ4n) is 5.86. The molecule has 4 rings (SSSR count). The third kappa shape index (κ3) is 5.93. The van der Waals surface area contributed by atoms with Crippen LogP contribution in [0.1, 0.15) is 76.0 Å². The number of piperidine rings is 1. The lowest BCUT2D eigenvalue weighted by molar-refractivity contribution is -0.155. The Hall–Kier alpha value is -1.86. The van der Waals surface area contributed by atoms with Crippen molar-refractivity contribution in [2.75, 3.05) is 0 Å². The zero-order chi connectivity index (χ0) is 27.0. The van der Waals surface area contributed by atoms with Gasteiger partial charge in [0.2, 0.25) is 15.9 Å². The molecule has 37 heavy (non-hydrogen) atoms. The monoisotopic (exact) mass is 562 g/mol. The Kier molecular flexibility index (Phi) is 8.44. The Morgan fingerprint density at radius 2 is 1.81 bits per heavy atom. The van der Waals surface area contributed by atoms with Crippen molar-refractivity contribution < 1.29 is 13.2 Å². The van der Waals surface area contributed by atoms with Crippen molar-refractivity contribution in [1.82, 2.24) is 9.62 Å². The van der Waals surface area contributed by atoms with Crippen LogP contribution in [0.5, 0.6) is 0 Å². The molecule has 8 heteroatoms. The van der Waals surface area contributed by atoms with Crippen molar-refractivity contribution in [3.63, 3.8) is 0 Å². The van der Waals surface area contributed by atoms with E-state index in [2.05, 4.69) is 17.4 Å². The highest BCUT2D eigenvalue weighted by Crippen LogP contribution is 2.52. The molecule has 0 radical (unpaired) electrons. The summed E-state index contributed by atoms with van der Waals surface area (Å²) in [6.07, 6.45) is 4.89. The molecule has 0 aromatic heterocycles. The number of sulfonamides is 1. The summed E-state index contributed by atoms with van der Waals surface area (Å²) in [7, 11) is -3.43. The first-order valence-electron chi connectivity index (χ1n) is 13.0. The van der Waals surface area contributed by atoms with E-state index in [1.165, 1.54) is 0 Å². The van der Waals surface area contributed by atoms with Gasteiger partial charge in [-0.1, -0.05) is 67.4 Å². The van der Waals surface area contributed by atoms with Crippen LogP contribution in [0.2, 0.25) is 10.0 Å². The predicted octanol–water partition coefficient (Wildman–Crippen LogP) is 6.88. The van der Waals surface area contributed by atoms with Gasteiger partial charge in [0.15, 0.2) is 0 Å². The predicted molar refractivity (Wildman–Crippen MR) is 151 cm³/mol. The molecule has 1 amide bonds. The van der Waals surface area contributed by atoms with Gasteiger partial charge in [-0.25, -0.2) is 13.1 Å². The number of nitrogens with one attached hydrogen (secondary N) is 1. The molecule has 2 aliphatic rings. The first-order valence-corrected chi connectivity index (χ1v) is 15.3. The summed E-state index contributed by atoms with van der Waals surface area (Å²) in [5.74, 6) is -0.0567. The topological polar surface area (TPSA) is 66.5 Å². The third-order valence-electron chi connectivity index (χ3n) is 7.85. The quantitative estimate of drug-likeness (QED) is 0.321. The SMILES string of the molecule is C=CC[C@@]1(C)C[C@H](c2cccc(Cl)c2)[C@@H](c2ccc(Cl)cc2)N(C(CC)C(C)NS(=O)(=O)C2CC2)C1=O. The van der Waals surface area contributed by atoms with Gasteiger partial charge >= 0.3 is 0 Å². The zero-order valence-electron chi connectivity index (χ0n) is 21.7. The van der Waals surface area contributed by atoms with Gasteiger partial charge in [-0.3, -0.25) is 4.79 Å². The van der Waals surface area contributed by atoms with Crippen molar-refractivity contribution in [1.29, 1.82) is 0 Å². The number of benzene rings is 2. The lowest BCUT2D eigenvalue weighted by Gasteiger charge is -2.53. The Morgan fingerprint density at radius 1 is 1.14 bits per heavy atom. The Bertz CT molecular complexity index is 1250. The average Bonchev–Trinajstić information content (AvgIpc) is 3.69. The fraction of sp³-hybridized carbons (Fsp3) is 0.483. The molecule has 2 aromatic rings. The maximum atomic E-state index is 14.4. The maximum absolute atomic E-state index is 14.4. The van der Waals surface area contributed by atoms with Gasteiger partial charge < -0.3 is 4.90 Å². The number of halogens is 2. The summed E-state index contributed by atoms with van der Waals surface area (Å²) in [5.41, 5.74) is 1.31. The lowest BCUT2D eigenvalue weighted by Crippen LogP contribution is -2.60. The van der Waals surface area contributed by atoms with E-state index in [1.54, 1.807) is 6.08 Å². The molecule has 1 saturated carbocycles. The number of rotatable bonds is 10. The van der Waals surface area contributed by atoms with Crippen molar-refractivity contribution in [2.24, 2.45) is 5.41 Å². The molecule has 2 unspecified atom stereocenters. The number of amides is 1. The molecule has 2 fully saturated rings. The van der Waals surface area contributed by atoms with Crippen LogP contribution in [-0.2, 0) is 14.8 Å². The van der Waals surface area contributed by atoms with Crippen LogP contribution in [0.25, 0.3) is 0 Å². The minimum absolute atomic E-state index is 0.00921. The van der Waals surface area contributed by atoms with Gasteiger partial charge in [0, 0.05) is 28.0 Å². The van der Waals surface area contributed by atoms with Crippen molar-refractivity contribution >= 4 is 39.1 Å². The van der Waals surface area contributed by atoms with Gasteiger partial charge in [0.1, 0.15) is 0 Å². The minimum Gasteiger partial charge on any atom is -0.330 e. The van der Waals surface area contributed by atoms with Gasteiger partial charge in [0.05, 0.1) is 16.7 Å². The summed E-state index contributed by atoms with van der Waals surface area (Å²) < 4.78 is 28.7. The molecule has 1 saturated heterocycles. The molecular weight excluding hydrogens is 527 g/mol. The fourth-order valence-corrected chi connectivity index (χ4v) is 7.81. The van der Waals surface area contributed by atoms with E-state index in [-0.39, 0.29) is 29.2 Å². The van der Waals surface area contributed by atoms with Gasteiger partial charge in [-0.15, -0.1) is 6.58 Å². The number of carbonyl (C=O) groups is 1. The normalized spacial score (nSPS) is 26.1. The molecule has 1 aliphatic carbocycles. The Morgan fingerprint density at radius 3 is 2.38 bits per heavy atom. The van der Waals surface area contributed by atoms with Crippen LogP contribution < -0.4 is 4.72 Å². The Labute approximate surface area is 231 Å². The molecule has 5 nitrogen and oxygen atoms in total. The number of carbonyl (C=O) groups excluding carboxylic acids is 1. The van der Waals surface area contributed by atoms with E-state index >= 15 is 0 Å². The van der Waals surface area contributed by atoms with Crippen LogP contribution in [-0.4, -0.2) is 36.6 Å². The lowest BCUT2D eigenvalue weighted by atomic mass is 9.67. The van der Waals surface area contributed by atoms with E-state index in [0.29, 0.717) is 42.1 Å². The third-order valence-corrected chi connectivity index (χ3v) is 10.4. The first kappa shape index (κ1) is 28.2. The highest BCUT2D eigenvalue weighted by molar-refractivity contribution is 7.90. The van der Waals surface area contributed by atoms with Crippen molar-refractivity contribution in [2.45, 2.75) is 82.2 Å². The number of hydrogen-bond acceptors (Lipinski definition) is 3. The number of allylic oxidation sites excluding steroid dienone is 1. The molecule has 1 heterocycles. The molecule has 2 aromatic carbocycles. The molecule has 0 spiro atoms. The van der Waals surface area contributed by atoms with E-state index in [0.717, 1.165) is 11.1 Å². The minimum atomic E-state index is -3.43. The van der Waals surface area contributed by atoms with Gasteiger partial charge in [-0.05, 0) is 74.4 Å². The molecular formula is C29H36Cl2N2O3S. The number of likely N-dealkylation sites (tertiary alicyclic amines) is 1.